The van der Waals surface area contributed by atoms with E-state index in [1.165, 1.54) is 45.2 Å². The predicted molar refractivity (Wildman–Crippen MR) is 65.1 cm³/mol. The summed E-state index contributed by atoms with van der Waals surface area (Å²) in [6.07, 6.45) is 6.79. The molecule has 0 bridgehead atoms. The van der Waals surface area contributed by atoms with Gasteiger partial charge in [-0.1, -0.05) is 6.92 Å². The van der Waals surface area contributed by atoms with Gasteiger partial charge in [-0.05, 0) is 59.0 Å². The van der Waals surface area contributed by atoms with Gasteiger partial charge >= 0.3 is 0 Å². The van der Waals surface area contributed by atoms with Crippen LogP contribution in [-0.2, 0) is 0 Å². The highest BCUT2D eigenvalue weighted by Gasteiger charge is 2.39. The van der Waals surface area contributed by atoms with E-state index in [0.717, 1.165) is 12.1 Å². The lowest BCUT2D eigenvalue weighted by molar-refractivity contribution is 0.00331. The van der Waals surface area contributed by atoms with Crippen molar-refractivity contribution in [2.24, 2.45) is 0 Å². The highest BCUT2D eigenvalue weighted by Crippen LogP contribution is 2.31. The van der Waals surface area contributed by atoms with Gasteiger partial charge in [0.2, 0.25) is 0 Å². The van der Waals surface area contributed by atoms with Gasteiger partial charge in [0.25, 0.3) is 0 Å². The van der Waals surface area contributed by atoms with Crippen LogP contribution >= 0.6 is 0 Å². The van der Waals surface area contributed by atoms with Crippen molar-refractivity contribution in [1.29, 1.82) is 0 Å². The first-order valence-corrected chi connectivity index (χ1v) is 6.65. The van der Waals surface area contributed by atoms with E-state index in [1.54, 1.807) is 0 Å². The first-order valence-electron chi connectivity index (χ1n) is 6.65. The first-order chi connectivity index (χ1) is 7.15. The van der Waals surface area contributed by atoms with Gasteiger partial charge in [-0.25, -0.2) is 0 Å². The molecule has 2 rings (SSSR count). The van der Waals surface area contributed by atoms with Crippen molar-refractivity contribution in [3.63, 3.8) is 0 Å². The molecule has 2 atom stereocenters. The fraction of sp³-hybridized carbons (Fsp3) is 1.00. The summed E-state index contributed by atoms with van der Waals surface area (Å²) in [5, 5.41) is 3.71. The second-order valence-corrected chi connectivity index (χ2v) is 5.77. The van der Waals surface area contributed by atoms with Crippen LogP contribution in [-0.4, -0.2) is 35.6 Å². The normalized spacial score (nSPS) is 33.8. The SMILES string of the molecule is CCC(C)(C)N1CCCC2NCCCC21. The van der Waals surface area contributed by atoms with Gasteiger partial charge < -0.3 is 5.32 Å². The minimum absolute atomic E-state index is 0.391. The van der Waals surface area contributed by atoms with Gasteiger partial charge in [-0.3, -0.25) is 4.90 Å². The van der Waals surface area contributed by atoms with Crippen LogP contribution in [0.25, 0.3) is 0 Å². The zero-order valence-electron chi connectivity index (χ0n) is 10.6. The number of fused-ring (bicyclic) bond motifs is 1. The zero-order chi connectivity index (χ0) is 10.9. The molecule has 0 amide bonds. The Morgan fingerprint density at radius 1 is 1.27 bits per heavy atom. The van der Waals surface area contributed by atoms with Crippen molar-refractivity contribution in [2.45, 2.75) is 70.5 Å². The first kappa shape index (κ1) is 11.4. The molecule has 0 aromatic carbocycles. The van der Waals surface area contributed by atoms with Gasteiger partial charge in [-0.15, -0.1) is 0 Å². The van der Waals surface area contributed by atoms with Gasteiger partial charge in [0, 0.05) is 17.6 Å². The number of hydrogen-bond donors (Lipinski definition) is 1. The molecule has 0 saturated carbocycles. The molecule has 2 nitrogen and oxygen atoms in total. The minimum Gasteiger partial charge on any atom is -0.312 e. The van der Waals surface area contributed by atoms with Crippen LogP contribution in [0.5, 0.6) is 0 Å². The number of nitrogens with zero attached hydrogens (tertiary/aromatic N) is 1. The van der Waals surface area contributed by atoms with Crippen molar-refractivity contribution in [1.82, 2.24) is 10.2 Å². The van der Waals surface area contributed by atoms with Crippen LogP contribution in [0.15, 0.2) is 0 Å². The molecular weight excluding hydrogens is 184 g/mol. The van der Waals surface area contributed by atoms with Gasteiger partial charge in [0.1, 0.15) is 0 Å². The number of likely N-dealkylation sites (tertiary alicyclic amines) is 1. The maximum atomic E-state index is 3.71. The Morgan fingerprint density at radius 2 is 2.07 bits per heavy atom. The third kappa shape index (κ3) is 2.21. The van der Waals surface area contributed by atoms with Crippen molar-refractivity contribution >= 4 is 0 Å². The molecule has 0 aliphatic carbocycles. The molecule has 2 unspecified atom stereocenters. The lowest BCUT2D eigenvalue weighted by Gasteiger charge is -2.51. The highest BCUT2D eigenvalue weighted by molar-refractivity contribution is 4.97. The largest absolute Gasteiger partial charge is 0.312 e. The Morgan fingerprint density at radius 3 is 2.80 bits per heavy atom. The third-order valence-electron chi connectivity index (χ3n) is 4.50. The van der Waals surface area contributed by atoms with Crippen LogP contribution < -0.4 is 5.32 Å². The Bertz CT molecular complexity index is 211. The van der Waals surface area contributed by atoms with Gasteiger partial charge in [0.05, 0.1) is 0 Å². The summed E-state index contributed by atoms with van der Waals surface area (Å²) in [5.41, 5.74) is 0.391. The molecule has 0 radical (unpaired) electrons. The van der Waals surface area contributed by atoms with Gasteiger partial charge in [-0.2, -0.15) is 0 Å². The summed E-state index contributed by atoms with van der Waals surface area (Å²) in [5.74, 6) is 0. The smallest absolute Gasteiger partial charge is 0.0255 e. The molecule has 2 aliphatic rings. The van der Waals surface area contributed by atoms with Crippen molar-refractivity contribution in [3.8, 4) is 0 Å². The van der Waals surface area contributed by atoms with E-state index in [4.69, 9.17) is 0 Å². The van der Waals surface area contributed by atoms with E-state index in [9.17, 15) is 0 Å². The molecule has 2 heteroatoms. The molecule has 0 spiro atoms. The number of piperidine rings is 2. The van der Waals surface area contributed by atoms with E-state index in [2.05, 4.69) is 31.0 Å². The molecule has 15 heavy (non-hydrogen) atoms. The molecule has 2 saturated heterocycles. The standard InChI is InChI=1S/C13H26N2/c1-4-13(2,3)15-10-6-7-11-12(15)8-5-9-14-11/h11-12,14H,4-10H2,1-3H3. The lowest BCUT2D eigenvalue weighted by atomic mass is 9.84. The van der Waals surface area contributed by atoms with Crippen molar-refractivity contribution in [2.75, 3.05) is 13.1 Å². The molecule has 2 heterocycles. The fourth-order valence-corrected chi connectivity index (χ4v) is 3.21. The van der Waals surface area contributed by atoms with E-state index >= 15 is 0 Å². The predicted octanol–water partition coefficient (Wildman–Crippen LogP) is 2.39. The lowest BCUT2D eigenvalue weighted by Crippen LogP contribution is -2.62. The Labute approximate surface area is 94.4 Å². The average molecular weight is 210 g/mol. The Kier molecular flexibility index (Phi) is 3.36. The van der Waals surface area contributed by atoms with E-state index in [-0.39, 0.29) is 0 Å². The summed E-state index contributed by atoms with van der Waals surface area (Å²) in [7, 11) is 0. The van der Waals surface area contributed by atoms with Crippen LogP contribution in [0.2, 0.25) is 0 Å². The molecule has 88 valence electrons. The van der Waals surface area contributed by atoms with E-state index in [0.29, 0.717) is 5.54 Å². The molecule has 2 fully saturated rings. The van der Waals surface area contributed by atoms with Crippen molar-refractivity contribution < 1.29 is 0 Å². The van der Waals surface area contributed by atoms with E-state index < -0.39 is 0 Å². The van der Waals surface area contributed by atoms with Crippen molar-refractivity contribution in [3.05, 3.63) is 0 Å². The van der Waals surface area contributed by atoms with Gasteiger partial charge in [0.15, 0.2) is 0 Å². The van der Waals surface area contributed by atoms with Crippen LogP contribution in [0.3, 0.4) is 0 Å². The molecular formula is C13H26N2. The molecule has 0 aromatic rings. The summed E-state index contributed by atoms with van der Waals surface area (Å²) < 4.78 is 0. The average Bonchev–Trinajstić information content (AvgIpc) is 2.28. The Hall–Kier alpha value is -0.0800. The molecule has 1 N–H and O–H groups in total. The highest BCUT2D eigenvalue weighted by atomic mass is 15.3. The van der Waals surface area contributed by atoms with E-state index in [1.807, 2.05) is 0 Å². The maximum absolute atomic E-state index is 3.71. The number of nitrogens with one attached hydrogen (secondary N) is 1. The second-order valence-electron chi connectivity index (χ2n) is 5.77. The second kappa shape index (κ2) is 4.42. The van der Waals surface area contributed by atoms with Crippen LogP contribution in [0.1, 0.15) is 52.9 Å². The zero-order valence-corrected chi connectivity index (χ0v) is 10.6. The summed E-state index contributed by atoms with van der Waals surface area (Å²) in [6, 6.07) is 1.58. The monoisotopic (exact) mass is 210 g/mol. The maximum Gasteiger partial charge on any atom is 0.0255 e. The Balaban J connectivity index is 2.09. The number of rotatable bonds is 2. The fourth-order valence-electron chi connectivity index (χ4n) is 3.21. The summed E-state index contributed by atoms with van der Waals surface area (Å²) >= 11 is 0. The quantitative estimate of drug-likeness (QED) is 0.753. The number of hydrogen-bond acceptors (Lipinski definition) is 2. The summed E-state index contributed by atoms with van der Waals surface area (Å²) in [4.78, 5) is 2.77. The third-order valence-corrected chi connectivity index (χ3v) is 4.50. The minimum atomic E-state index is 0.391. The van der Waals surface area contributed by atoms with Crippen LogP contribution in [0, 0.1) is 0 Å². The topological polar surface area (TPSA) is 15.3 Å². The molecule has 2 aliphatic heterocycles. The molecule has 0 aromatic heterocycles. The summed E-state index contributed by atoms with van der Waals surface area (Å²) in [6.45, 7) is 9.68. The van der Waals surface area contributed by atoms with Crippen LogP contribution in [0.4, 0.5) is 0 Å².